The molecular formula is C19H19F3N4O3. The summed E-state index contributed by atoms with van der Waals surface area (Å²) in [6, 6.07) is 8.19. The smallest absolute Gasteiger partial charge is 0.321 e. The first-order valence-corrected chi connectivity index (χ1v) is 8.45. The lowest BCUT2D eigenvalue weighted by atomic mass is 10.0. The summed E-state index contributed by atoms with van der Waals surface area (Å²) in [7, 11) is 2.79. The molecule has 2 aromatic rings. The van der Waals surface area contributed by atoms with Crippen molar-refractivity contribution in [1.29, 1.82) is 0 Å². The van der Waals surface area contributed by atoms with Crippen LogP contribution in [0.5, 0.6) is 0 Å². The van der Waals surface area contributed by atoms with Gasteiger partial charge in [0.2, 0.25) is 11.8 Å². The van der Waals surface area contributed by atoms with Gasteiger partial charge in [-0.1, -0.05) is 30.3 Å². The summed E-state index contributed by atoms with van der Waals surface area (Å²) in [4.78, 5) is 37.6. The number of urea groups is 1. The number of rotatable bonds is 6. The highest BCUT2D eigenvalue weighted by molar-refractivity contribution is 5.98. The molecule has 0 unspecified atom stereocenters. The van der Waals surface area contributed by atoms with Gasteiger partial charge in [-0.25, -0.2) is 18.0 Å². The Morgan fingerprint density at radius 2 is 1.66 bits per heavy atom. The van der Waals surface area contributed by atoms with E-state index in [-0.39, 0.29) is 0 Å². The van der Waals surface area contributed by atoms with E-state index in [1.54, 1.807) is 30.3 Å². The first kappa shape index (κ1) is 21.9. The Labute approximate surface area is 164 Å². The molecule has 0 spiro atoms. The van der Waals surface area contributed by atoms with E-state index in [0.29, 0.717) is 11.6 Å². The van der Waals surface area contributed by atoms with Gasteiger partial charge in [-0.3, -0.25) is 19.8 Å². The third-order valence-corrected chi connectivity index (χ3v) is 3.97. The van der Waals surface area contributed by atoms with Crippen LogP contribution in [0, 0.1) is 17.5 Å². The molecule has 29 heavy (non-hydrogen) atoms. The first-order valence-electron chi connectivity index (χ1n) is 8.45. The number of carbonyl (C=O) groups excluding carboxylic acids is 3. The second-order valence-corrected chi connectivity index (χ2v) is 6.07. The number of benzene rings is 2. The third kappa shape index (κ3) is 5.55. The van der Waals surface area contributed by atoms with Gasteiger partial charge >= 0.3 is 6.03 Å². The minimum Gasteiger partial charge on any atom is -0.341 e. The second-order valence-electron chi connectivity index (χ2n) is 6.07. The molecule has 0 saturated heterocycles. The molecule has 0 aliphatic rings. The van der Waals surface area contributed by atoms with E-state index in [1.165, 1.54) is 19.0 Å². The highest BCUT2D eigenvalue weighted by Gasteiger charge is 2.28. The van der Waals surface area contributed by atoms with Gasteiger partial charge in [0.25, 0.3) is 0 Å². The SMILES string of the molecule is CNC(=O)NC(=O)[C@@H](c1ccccc1)N(C)CC(=O)Nc1ccc(F)c(F)c1F. The van der Waals surface area contributed by atoms with Crippen LogP contribution in [0.3, 0.4) is 0 Å². The van der Waals surface area contributed by atoms with Crippen LogP contribution < -0.4 is 16.0 Å². The molecule has 4 amide bonds. The van der Waals surface area contributed by atoms with Crippen LogP contribution >= 0.6 is 0 Å². The fourth-order valence-electron chi connectivity index (χ4n) is 2.61. The number of nitrogens with one attached hydrogen (secondary N) is 3. The third-order valence-electron chi connectivity index (χ3n) is 3.97. The second kappa shape index (κ2) is 9.69. The molecule has 0 heterocycles. The Morgan fingerprint density at radius 3 is 2.28 bits per heavy atom. The van der Waals surface area contributed by atoms with Crippen LogP contribution in [0.2, 0.25) is 0 Å². The number of hydrogen-bond acceptors (Lipinski definition) is 4. The zero-order valence-electron chi connectivity index (χ0n) is 15.6. The predicted molar refractivity (Wildman–Crippen MR) is 99.4 cm³/mol. The van der Waals surface area contributed by atoms with Crippen molar-refractivity contribution in [3.05, 3.63) is 65.5 Å². The van der Waals surface area contributed by atoms with Crippen molar-refractivity contribution >= 4 is 23.5 Å². The summed E-state index contributed by atoms with van der Waals surface area (Å²) in [6.45, 7) is -0.404. The molecular weight excluding hydrogens is 389 g/mol. The number of carbonyl (C=O) groups is 3. The molecule has 7 nitrogen and oxygen atoms in total. The molecule has 0 fully saturated rings. The lowest BCUT2D eigenvalue weighted by molar-refractivity contribution is -0.126. The molecule has 0 radical (unpaired) electrons. The fourth-order valence-corrected chi connectivity index (χ4v) is 2.61. The van der Waals surface area contributed by atoms with Crippen LogP contribution in [0.25, 0.3) is 0 Å². The van der Waals surface area contributed by atoms with Crippen molar-refractivity contribution in [2.45, 2.75) is 6.04 Å². The average molecular weight is 408 g/mol. The number of imide groups is 1. The Balaban J connectivity index is 2.17. The quantitative estimate of drug-likeness (QED) is 0.639. The molecule has 1 atom stereocenters. The molecule has 0 aliphatic carbocycles. The first-order chi connectivity index (χ1) is 13.7. The molecule has 10 heteroatoms. The minimum atomic E-state index is -1.71. The van der Waals surface area contributed by atoms with E-state index in [4.69, 9.17) is 0 Å². The zero-order valence-corrected chi connectivity index (χ0v) is 15.6. The van der Waals surface area contributed by atoms with Crippen molar-refractivity contribution < 1.29 is 27.6 Å². The van der Waals surface area contributed by atoms with E-state index in [9.17, 15) is 27.6 Å². The number of nitrogens with zero attached hydrogens (tertiary/aromatic N) is 1. The van der Waals surface area contributed by atoms with Crippen molar-refractivity contribution in [3.8, 4) is 0 Å². The molecule has 154 valence electrons. The minimum absolute atomic E-state index is 0.404. The summed E-state index contributed by atoms with van der Waals surface area (Å²) in [5.41, 5.74) is -0.0309. The van der Waals surface area contributed by atoms with Gasteiger partial charge in [0.15, 0.2) is 17.5 Å². The van der Waals surface area contributed by atoms with E-state index < -0.39 is 53.6 Å². The Bertz CT molecular complexity index is 909. The summed E-state index contributed by atoms with van der Waals surface area (Å²) in [5.74, 6) is -6.08. The van der Waals surface area contributed by atoms with Crippen LogP contribution in [0.4, 0.5) is 23.7 Å². The summed E-state index contributed by atoms with van der Waals surface area (Å²) >= 11 is 0. The maximum Gasteiger partial charge on any atom is 0.321 e. The largest absolute Gasteiger partial charge is 0.341 e. The van der Waals surface area contributed by atoms with E-state index in [2.05, 4.69) is 16.0 Å². The van der Waals surface area contributed by atoms with Gasteiger partial charge in [-0.2, -0.15) is 0 Å². The van der Waals surface area contributed by atoms with E-state index in [1.807, 2.05) is 0 Å². The summed E-state index contributed by atoms with van der Waals surface area (Å²) in [6.07, 6.45) is 0. The molecule has 0 aliphatic heterocycles. The van der Waals surface area contributed by atoms with Gasteiger partial charge in [0, 0.05) is 7.05 Å². The average Bonchev–Trinajstić information content (AvgIpc) is 2.69. The Hall–Kier alpha value is -3.40. The zero-order chi connectivity index (χ0) is 21.6. The number of anilines is 1. The van der Waals surface area contributed by atoms with E-state index in [0.717, 1.165) is 6.07 Å². The highest BCUT2D eigenvalue weighted by Crippen LogP contribution is 2.21. The maximum atomic E-state index is 13.7. The number of hydrogen-bond donors (Lipinski definition) is 3. The lowest BCUT2D eigenvalue weighted by Crippen LogP contribution is -2.46. The van der Waals surface area contributed by atoms with Crippen molar-refractivity contribution in [2.75, 3.05) is 26.0 Å². The molecule has 2 rings (SSSR count). The Kier molecular flexibility index (Phi) is 7.32. The van der Waals surface area contributed by atoms with Crippen molar-refractivity contribution in [2.24, 2.45) is 0 Å². The van der Waals surface area contributed by atoms with Crippen LogP contribution in [0.15, 0.2) is 42.5 Å². The molecule has 2 aromatic carbocycles. The van der Waals surface area contributed by atoms with Crippen LogP contribution in [-0.2, 0) is 9.59 Å². The normalized spacial score (nSPS) is 11.7. The van der Waals surface area contributed by atoms with Crippen LogP contribution in [0.1, 0.15) is 11.6 Å². The monoisotopic (exact) mass is 408 g/mol. The number of likely N-dealkylation sites (N-methyl/N-ethyl adjacent to an activating group) is 1. The standard InChI is InChI=1S/C19H19F3N4O3/c1-23-19(29)25-18(28)17(11-6-4-3-5-7-11)26(2)10-14(27)24-13-9-8-12(20)15(21)16(13)22/h3-9,17H,10H2,1-2H3,(H,24,27)(H2,23,25,28,29)/t17-/m1/s1. The highest BCUT2D eigenvalue weighted by atomic mass is 19.2. The fraction of sp³-hybridized carbons (Fsp3) is 0.211. The molecule has 0 saturated carbocycles. The van der Waals surface area contributed by atoms with Gasteiger partial charge in [-0.05, 0) is 24.7 Å². The van der Waals surface area contributed by atoms with Gasteiger partial charge < -0.3 is 10.6 Å². The van der Waals surface area contributed by atoms with Gasteiger partial charge in [-0.15, -0.1) is 0 Å². The summed E-state index contributed by atoms with van der Waals surface area (Å²) in [5, 5.41) is 6.53. The van der Waals surface area contributed by atoms with Crippen molar-refractivity contribution in [3.63, 3.8) is 0 Å². The van der Waals surface area contributed by atoms with E-state index >= 15 is 0 Å². The number of halogens is 3. The predicted octanol–water partition coefficient (Wildman–Crippen LogP) is 2.17. The topological polar surface area (TPSA) is 90.5 Å². The lowest BCUT2D eigenvalue weighted by Gasteiger charge is -2.26. The molecule has 0 bridgehead atoms. The summed E-state index contributed by atoms with van der Waals surface area (Å²) < 4.78 is 40.1. The maximum absolute atomic E-state index is 13.7. The Morgan fingerprint density at radius 1 is 1.00 bits per heavy atom. The molecule has 3 N–H and O–H groups in total. The van der Waals surface area contributed by atoms with Crippen LogP contribution in [-0.4, -0.2) is 43.4 Å². The number of amides is 4. The van der Waals surface area contributed by atoms with Gasteiger partial charge in [0.1, 0.15) is 6.04 Å². The van der Waals surface area contributed by atoms with Gasteiger partial charge in [0.05, 0.1) is 12.2 Å². The van der Waals surface area contributed by atoms with Crippen molar-refractivity contribution in [1.82, 2.24) is 15.5 Å². The molecule has 0 aromatic heterocycles.